The van der Waals surface area contributed by atoms with E-state index in [0.717, 1.165) is 21.8 Å². The van der Waals surface area contributed by atoms with E-state index in [1.807, 2.05) is 13.0 Å². The molecule has 1 rings (SSSR count). The standard InChI is InChI=1S/C13H14I3NO2/c1-8(2)7-19-4-3-17-13(18)10-5-9(14)6-11(15)12(10)16/h5-6H,1,3-4,7H2,2H3,(H,17,18). The Bertz CT molecular complexity index is 489. The average molecular weight is 597 g/mol. The zero-order valence-electron chi connectivity index (χ0n) is 10.4. The van der Waals surface area contributed by atoms with Gasteiger partial charge in [-0.1, -0.05) is 12.2 Å². The monoisotopic (exact) mass is 597 g/mol. The maximum atomic E-state index is 12.1. The molecule has 19 heavy (non-hydrogen) atoms. The largest absolute Gasteiger partial charge is 0.375 e. The van der Waals surface area contributed by atoms with Crippen molar-refractivity contribution in [3.05, 3.63) is 40.6 Å². The van der Waals surface area contributed by atoms with E-state index in [1.165, 1.54) is 0 Å². The quantitative estimate of drug-likeness (QED) is 0.235. The second-order valence-electron chi connectivity index (χ2n) is 4.01. The lowest BCUT2D eigenvalue weighted by atomic mass is 10.2. The first kappa shape index (κ1) is 17.6. The van der Waals surface area contributed by atoms with Crippen molar-refractivity contribution in [3.63, 3.8) is 0 Å². The van der Waals surface area contributed by atoms with E-state index in [0.29, 0.717) is 19.8 Å². The van der Waals surface area contributed by atoms with E-state index in [9.17, 15) is 4.79 Å². The van der Waals surface area contributed by atoms with Crippen LogP contribution >= 0.6 is 67.8 Å². The Hall–Kier alpha value is 0.580. The number of hydrogen-bond acceptors (Lipinski definition) is 2. The SMILES string of the molecule is C=C(C)COCCNC(=O)c1cc(I)cc(I)c1I. The van der Waals surface area contributed by atoms with Gasteiger partial charge in [0.1, 0.15) is 0 Å². The predicted octanol–water partition coefficient (Wildman–Crippen LogP) is 3.82. The Labute approximate surface area is 154 Å². The molecule has 0 aliphatic carbocycles. The number of benzene rings is 1. The van der Waals surface area contributed by atoms with Gasteiger partial charge in [0.25, 0.3) is 5.91 Å². The average Bonchev–Trinajstić information content (AvgIpc) is 2.32. The normalized spacial score (nSPS) is 10.3. The van der Waals surface area contributed by atoms with Crippen LogP contribution in [0.15, 0.2) is 24.3 Å². The van der Waals surface area contributed by atoms with Crippen LogP contribution in [-0.2, 0) is 4.74 Å². The molecule has 0 aliphatic heterocycles. The third kappa shape index (κ3) is 6.25. The zero-order chi connectivity index (χ0) is 14.4. The first-order valence-corrected chi connectivity index (χ1v) is 8.80. The Morgan fingerprint density at radius 2 is 2.05 bits per heavy atom. The fraction of sp³-hybridized carbons (Fsp3) is 0.308. The minimum Gasteiger partial charge on any atom is -0.375 e. The molecule has 0 fully saturated rings. The summed E-state index contributed by atoms with van der Waals surface area (Å²) in [5.74, 6) is -0.0558. The topological polar surface area (TPSA) is 38.3 Å². The lowest BCUT2D eigenvalue weighted by molar-refractivity contribution is 0.0926. The van der Waals surface area contributed by atoms with Crippen LogP contribution in [0.5, 0.6) is 0 Å². The highest BCUT2D eigenvalue weighted by Gasteiger charge is 2.13. The van der Waals surface area contributed by atoms with E-state index < -0.39 is 0 Å². The zero-order valence-corrected chi connectivity index (χ0v) is 16.9. The number of ether oxygens (including phenoxy) is 1. The molecule has 0 aliphatic rings. The van der Waals surface area contributed by atoms with Crippen molar-refractivity contribution in [1.82, 2.24) is 5.32 Å². The minimum atomic E-state index is -0.0558. The summed E-state index contributed by atoms with van der Waals surface area (Å²) in [6.45, 7) is 7.20. The molecule has 0 heterocycles. The number of halogens is 3. The summed E-state index contributed by atoms with van der Waals surface area (Å²) in [6.07, 6.45) is 0. The van der Waals surface area contributed by atoms with Crippen LogP contribution in [-0.4, -0.2) is 25.7 Å². The minimum absolute atomic E-state index is 0.0558. The highest BCUT2D eigenvalue weighted by atomic mass is 127. The summed E-state index contributed by atoms with van der Waals surface area (Å²) in [7, 11) is 0. The molecule has 3 nitrogen and oxygen atoms in total. The van der Waals surface area contributed by atoms with Gasteiger partial charge in [-0.25, -0.2) is 0 Å². The van der Waals surface area contributed by atoms with Crippen LogP contribution < -0.4 is 5.32 Å². The van der Waals surface area contributed by atoms with E-state index in [4.69, 9.17) is 4.74 Å². The van der Waals surface area contributed by atoms with Gasteiger partial charge in [-0.3, -0.25) is 4.79 Å². The molecular formula is C13H14I3NO2. The van der Waals surface area contributed by atoms with Crippen molar-refractivity contribution in [2.24, 2.45) is 0 Å². The van der Waals surface area contributed by atoms with Gasteiger partial charge in [0.2, 0.25) is 0 Å². The summed E-state index contributed by atoms with van der Waals surface area (Å²) in [6, 6.07) is 3.95. The number of rotatable bonds is 6. The molecule has 0 spiro atoms. The Balaban J connectivity index is 2.52. The Morgan fingerprint density at radius 3 is 2.68 bits per heavy atom. The molecule has 1 aromatic carbocycles. The third-order valence-corrected chi connectivity index (χ3v) is 5.79. The Morgan fingerprint density at radius 1 is 1.37 bits per heavy atom. The van der Waals surface area contributed by atoms with Crippen LogP contribution in [0.3, 0.4) is 0 Å². The number of carbonyl (C=O) groups excluding carboxylic acids is 1. The van der Waals surface area contributed by atoms with Crippen molar-refractivity contribution in [2.45, 2.75) is 6.92 Å². The fourth-order valence-electron chi connectivity index (χ4n) is 1.30. The lowest BCUT2D eigenvalue weighted by Crippen LogP contribution is -2.28. The summed E-state index contributed by atoms with van der Waals surface area (Å²) in [5, 5.41) is 2.86. The molecule has 6 heteroatoms. The number of nitrogens with one attached hydrogen (secondary N) is 1. The van der Waals surface area contributed by atoms with Gasteiger partial charge >= 0.3 is 0 Å². The molecule has 0 bridgehead atoms. The van der Waals surface area contributed by atoms with Gasteiger partial charge in [0.15, 0.2) is 0 Å². The van der Waals surface area contributed by atoms with Gasteiger partial charge in [-0.05, 0) is 86.8 Å². The summed E-state index contributed by atoms with van der Waals surface area (Å²) < 4.78 is 8.48. The molecule has 1 aromatic rings. The molecule has 0 radical (unpaired) electrons. The van der Waals surface area contributed by atoms with Crippen LogP contribution in [0.2, 0.25) is 0 Å². The van der Waals surface area contributed by atoms with E-state index in [1.54, 1.807) is 0 Å². The van der Waals surface area contributed by atoms with Gasteiger partial charge < -0.3 is 10.1 Å². The maximum absolute atomic E-state index is 12.1. The van der Waals surface area contributed by atoms with Crippen molar-refractivity contribution in [1.29, 1.82) is 0 Å². The van der Waals surface area contributed by atoms with Crippen molar-refractivity contribution in [3.8, 4) is 0 Å². The van der Waals surface area contributed by atoms with Gasteiger partial charge in [0, 0.05) is 17.3 Å². The summed E-state index contributed by atoms with van der Waals surface area (Å²) >= 11 is 6.66. The van der Waals surface area contributed by atoms with E-state index >= 15 is 0 Å². The van der Waals surface area contributed by atoms with Crippen molar-refractivity contribution >= 4 is 73.7 Å². The molecule has 0 atom stereocenters. The Kier molecular flexibility index (Phi) is 8.14. The molecule has 0 unspecified atom stereocenters. The highest BCUT2D eigenvalue weighted by molar-refractivity contribution is 14.1. The van der Waals surface area contributed by atoms with E-state index in [-0.39, 0.29) is 5.91 Å². The number of carbonyl (C=O) groups is 1. The molecule has 0 saturated heterocycles. The maximum Gasteiger partial charge on any atom is 0.252 e. The van der Waals surface area contributed by atoms with Crippen molar-refractivity contribution in [2.75, 3.05) is 19.8 Å². The predicted molar refractivity (Wildman–Crippen MR) is 103 cm³/mol. The highest BCUT2D eigenvalue weighted by Crippen LogP contribution is 2.22. The molecule has 104 valence electrons. The number of amides is 1. The molecule has 1 N–H and O–H groups in total. The number of hydrogen-bond donors (Lipinski definition) is 1. The molecule has 1 amide bonds. The van der Waals surface area contributed by atoms with Crippen LogP contribution in [0.4, 0.5) is 0 Å². The summed E-state index contributed by atoms with van der Waals surface area (Å²) in [5.41, 5.74) is 1.70. The van der Waals surface area contributed by atoms with Crippen LogP contribution in [0.25, 0.3) is 0 Å². The molecular weight excluding hydrogens is 583 g/mol. The molecule has 0 aromatic heterocycles. The first-order valence-electron chi connectivity index (χ1n) is 5.56. The fourth-order valence-corrected chi connectivity index (χ4v) is 3.70. The third-order valence-electron chi connectivity index (χ3n) is 2.12. The van der Waals surface area contributed by atoms with Gasteiger partial charge in [0.05, 0.1) is 18.8 Å². The smallest absolute Gasteiger partial charge is 0.252 e. The lowest BCUT2D eigenvalue weighted by Gasteiger charge is -2.09. The van der Waals surface area contributed by atoms with Crippen LogP contribution in [0.1, 0.15) is 17.3 Å². The van der Waals surface area contributed by atoms with Gasteiger partial charge in [-0.2, -0.15) is 0 Å². The summed E-state index contributed by atoms with van der Waals surface area (Å²) in [4.78, 5) is 12.1. The van der Waals surface area contributed by atoms with E-state index in [2.05, 4.69) is 85.7 Å². The van der Waals surface area contributed by atoms with Crippen molar-refractivity contribution < 1.29 is 9.53 Å². The first-order chi connectivity index (χ1) is 8.91. The van der Waals surface area contributed by atoms with Crippen LogP contribution in [0, 0.1) is 10.7 Å². The molecule has 0 saturated carbocycles. The second-order valence-corrected chi connectivity index (χ2v) is 7.50. The second kappa shape index (κ2) is 8.78. The van der Waals surface area contributed by atoms with Gasteiger partial charge in [-0.15, -0.1) is 0 Å².